The maximum absolute atomic E-state index is 9.70. The summed E-state index contributed by atoms with van der Waals surface area (Å²) in [5, 5.41) is 14.4. The molecule has 25 heavy (non-hydrogen) atoms. The summed E-state index contributed by atoms with van der Waals surface area (Å²) in [7, 11) is 0. The molecule has 0 spiro atoms. The van der Waals surface area contributed by atoms with Gasteiger partial charge in [0.2, 0.25) is 0 Å². The number of rotatable bonds is 3. The van der Waals surface area contributed by atoms with E-state index < -0.39 is 0 Å². The molecule has 1 aromatic carbocycles. The second-order valence-electron chi connectivity index (χ2n) is 6.68. The van der Waals surface area contributed by atoms with Gasteiger partial charge in [-0.05, 0) is 55.3 Å². The van der Waals surface area contributed by atoms with Crippen LogP contribution in [0.5, 0.6) is 0 Å². The average molecular weight is 448 g/mol. The Balaban J connectivity index is 1.95. The van der Waals surface area contributed by atoms with E-state index in [1.54, 1.807) is 0 Å². The number of aliphatic hydroxyl groups excluding tert-OH is 1. The van der Waals surface area contributed by atoms with Crippen molar-refractivity contribution in [1.82, 2.24) is 14.6 Å². The highest BCUT2D eigenvalue weighted by Crippen LogP contribution is 2.31. The van der Waals surface area contributed by atoms with Crippen molar-refractivity contribution in [2.24, 2.45) is 0 Å². The monoisotopic (exact) mass is 448 g/mol. The molecule has 3 aromatic rings. The lowest BCUT2D eigenvalue weighted by molar-refractivity contribution is 0.266. The van der Waals surface area contributed by atoms with Crippen molar-refractivity contribution in [1.29, 1.82) is 0 Å². The van der Waals surface area contributed by atoms with E-state index in [1.165, 1.54) is 5.56 Å². The van der Waals surface area contributed by atoms with Gasteiger partial charge in [-0.1, -0.05) is 23.8 Å². The molecule has 0 amide bonds. The summed E-state index contributed by atoms with van der Waals surface area (Å²) >= 11 is 2.32. The van der Waals surface area contributed by atoms with E-state index >= 15 is 0 Å². The van der Waals surface area contributed by atoms with Crippen molar-refractivity contribution >= 4 is 34.1 Å². The van der Waals surface area contributed by atoms with Crippen LogP contribution in [0.3, 0.4) is 0 Å². The smallest absolute Gasteiger partial charge is 0.171 e. The number of hydrogen-bond acceptors (Lipinski definition) is 4. The summed E-state index contributed by atoms with van der Waals surface area (Å²) in [6.07, 6.45) is 2.10. The molecule has 1 unspecified atom stereocenters. The van der Waals surface area contributed by atoms with Gasteiger partial charge >= 0.3 is 0 Å². The van der Waals surface area contributed by atoms with Crippen LogP contribution in [0, 0.1) is 17.4 Å². The van der Waals surface area contributed by atoms with Gasteiger partial charge in [0.1, 0.15) is 5.82 Å². The van der Waals surface area contributed by atoms with Gasteiger partial charge in [0.25, 0.3) is 0 Å². The summed E-state index contributed by atoms with van der Waals surface area (Å²) in [4.78, 5) is 7.13. The van der Waals surface area contributed by atoms with Crippen LogP contribution in [0.25, 0.3) is 16.9 Å². The Hall–Kier alpha value is -1.67. The zero-order chi connectivity index (χ0) is 17.6. The Morgan fingerprint density at radius 2 is 2.12 bits per heavy atom. The van der Waals surface area contributed by atoms with Crippen molar-refractivity contribution < 1.29 is 5.11 Å². The normalized spacial score (nSPS) is 17.6. The molecule has 1 aliphatic rings. The number of anilines is 1. The second kappa shape index (κ2) is 6.57. The fraction of sp³-hybridized carbons (Fsp3) is 0.368. The van der Waals surface area contributed by atoms with Crippen molar-refractivity contribution in [2.75, 3.05) is 18.1 Å². The Kier molecular flexibility index (Phi) is 4.41. The molecule has 0 radical (unpaired) electrons. The number of halogens is 1. The number of fused-ring (bicyclic) bond motifs is 1. The van der Waals surface area contributed by atoms with Crippen LogP contribution >= 0.6 is 22.6 Å². The molecule has 0 aliphatic carbocycles. The number of hydrogen-bond donors (Lipinski definition) is 1. The highest BCUT2D eigenvalue weighted by molar-refractivity contribution is 14.1. The molecule has 1 fully saturated rings. The minimum atomic E-state index is 0.155. The zero-order valence-electron chi connectivity index (χ0n) is 14.4. The first-order valence-corrected chi connectivity index (χ1v) is 9.67. The predicted octanol–water partition coefficient (Wildman–Crippen LogP) is 3.58. The van der Waals surface area contributed by atoms with Gasteiger partial charge in [0, 0.05) is 18.2 Å². The lowest BCUT2D eigenvalue weighted by Crippen LogP contribution is -2.32. The maximum atomic E-state index is 9.70. The summed E-state index contributed by atoms with van der Waals surface area (Å²) in [6.45, 7) is 5.22. The Labute approximate surface area is 160 Å². The van der Waals surface area contributed by atoms with E-state index in [0.717, 1.165) is 51.4 Å². The van der Waals surface area contributed by atoms with Gasteiger partial charge in [-0.15, -0.1) is 0 Å². The molecule has 1 atom stereocenters. The third-order valence-corrected chi connectivity index (χ3v) is 6.14. The van der Waals surface area contributed by atoms with Gasteiger partial charge in [-0.3, -0.25) is 0 Å². The lowest BCUT2D eigenvalue weighted by atomic mass is 10.1. The molecule has 6 heteroatoms. The van der Waals surface area contributed by atoms with Crippen LogP contribution in [0.1, 0.15) is 24.1 Å². The van der Waals surface area contributed by atoms with Crippen LogP contribution in [0.15, 0.2) is 30.3 Å². The summed E-state index contributed by atoms with van der Waals surface area (Å²) in [6, 6.07) is 10.7. The van der Waals surface area contributed by atoms with Crippen LogP contribution in [-0.2, 0) is 0 Å². The molecular formula is C19H21IN4O. The quantitative estimate of drug-likeness (QED) is 0.623. The van der Waals surface area contributed by atoms with Gasteiger partial charge in [-0.25, -0.2) is 9.50 Å². The largest absolute Gasteiger partial charge is 0.394 e. The first-order chi connectivity index (χ1) is 12.1. The molecular weight excluding hydrogens is 427 g/mol. The number of benzene rings is 1. The molecule has 3 heterocycles. The SMILES string of the molecule is Cc1cccc(-c2cc(N3CCCC3CO)nc3c(I)c(C)nn23)c1. The van der Waals surface area contributed by atoms with Crippen LogP contribution in [0.2, 0.25) is 0 Å². The molecule has 1 aliphatic heterocycles. The highest BCUT2D eigenvalue weighted by Gasteiger charge is 2.26. The van der Waals surface area contributed by atoms with Crippen molar-refractivity contribution in [3.8, 4) is 11.3 Å². The Morgan fingerprint density at radius 1 is 1.28 bits per heavy atom. The first kappa shape index (κ1) is 16.8. The van der Waals surface area contributed by atoms with Gasteiger partial charge in [0.15, 0.2) is 5.65 Å². The Morgan fingerprint density at radius 3 is 2.88 bits per heavy atom. The van der Waals surface area contributed by atoms with Gasteiger partial charge < -0.3 is 10.0 Å². The summed E-state index contributed by atoms with van der Waals surface area (Å²) in [5.41, 5.74) is 5.26. The van der Waals surface area contributed by atoms with Crippen molar-refractivity contribution in [3.63, 3.8) is 0 Å². The molecule has 0 bridgehead atoms. The second-order valence-corrected chi connectivity index (χ2v) is 7.75. The molecule has 0 saturated carbocycles. The molecule has 1 saturated heterocycles. The molecule has 4 rings (SSSR count). The number of aliphatic hydroxyl groups is 1. The van der Waals surface area contributed by atoms with E-state index in [9.17, 15) is 5.11 Å². The standard InChI is InChI=1S/C19H21IN4O/c1-12-5-3-6-14(9-12)16-10-17(23-8-4-7-15(23)11-25)21-19-18(20)13(2)22-24(16)19/h3,5-6,9-10,15,25H,4,7-8,11H2,1-2H3. The van der Waals surface area contributed by atoms with Crippen molar-refractivity contribution in [2.45, 2.75) is 32.7 Å². The zero-order valence-corrected chi connectivity index (χ0v) is 16.6. The van der Waals surface area contributed by atoms with Gasteiger partial charge in [-0.2, -0.15) is 5.10 Å². The minimum Gasteiger partial charge on any atom is -0.394 e. The lowest BCUT2D eigenvalue weighted by Gasteiger charge is -2.25. The van der Waals surface area contributed by atoms with Crippen LogP contribution in [-0.4, -0.2) is 38.9 Å². The molecule has 1 N–H and O–H groups in total. The first-order valence-electron chi connectivity index (χ1n) is 8.59. The Bertz CT molecular complexity index is 937. The van der Waals surface area contributed by atoms with E-state index in [2.05, 4.69) is 64.7 Å². The third-order valence-electron chi connectivity index (χ3n) is 4.88. The van der Waals surface area contributed by atoms with Crippen molar-refractivity contribution in [3.05, 3.63) is 45.2 Å². The fourth-order valence-electron chi connectivity index (χ4n) is 3.57. The van der Waals surface area contributed by atoms with E-state index in [-0.39, 0.29) is 12.6 Å². The molecule has 2 aromatic heterocycles. The van der Waals surface area contributed by atoms with E-state index in [4.69, 9.17) is 10.1 Å². The molecule has 5 nitrogen and oxygen atoms in total. The maximum Gasteiger partial charge on any atom is 0.171 e. The summed E-state index contributed by atoms with van der Waals surface area (Å²) < 4.78 is 3.02. The fourth-order valence-corrected chi connectivity index (χ4v) is 4.03. The highest BCUT2D eigenvalue weighted by atomic mass is 127. The topological polar surface area (TPSA) is 53.7 Å². The number of aryl methyl sites for hydroxylation is 2. The van der Waals surface area contributed by atoms with E-state index in [1.807, 2.05) is 11.4 Å². The molecule has 130 valence electrons. The van der Waals surface area contributed by atoms with Crippen LogP contribution in [0.4, 0.5) is 5.82 Å². The average Bonchev–Trinajstić information content (AvgIpc) is 3.19. The van der Waals surface area contributed by atoms with Crippen LogP contribution < -0.4 is 4.90 Å². The summed E-state index contributed by atoms with van der Waals surface area (Å²) in [5.74, 6) is 0.929. The predicted molar refractivity (Wildman–Crippen MR) is 108 cm³/mol. The van der Waals surface area contributed by atoms with Gasteiger partial charge in [0.05, 0.1) is 27.6 Å². The van der Waals surface area contributed by atoms with E-state index in [0.29, 0.717) is 0 Å². The number of nitrogens with zero attached hydrogens (tertiary/aromatic N) is 4. The minimum absolute atomic E-state index is 0.155. The number of aromatic nitrogens is 3. The third kappa shape index (κ3) is 2.91.